The predicted octanol–water partition coefficient (Wildman–Crippen LogP) is 1.81. The quantitative estimate of drug-likeness (QED) is 0.889. The molecule has 2 aromatic rings. The molecule has 0 aliphatic rings. The number of ether oxygens (including phenoxy) is 2. The Kier molecular flexibility index (Phi) is 3.65. The van der Waals surface area contributed by atoms with Gasteiger partial charge in [0.1, 0.15) is 5.56 Å². The molecular formula is C14H15NO5. The van der Waals surface area contributed by atoms with E-state index in [-0.39, 0.29) is 5.56 Å². The molecule has 0 aliphatic heterocycles. The summed E-state index contributed by atoms with van der Waals surface area (Å²) in [7, 11) is 2.99. The average molecular weight is 277 g/mol. The Morgan fingerprint density at radius 2 is 1.85 bits per heavy atom. The lowest BCUT2D eigenvalue weighted by molar-refractivity contribution is 0.0694. The standard InChI is InChI=1S/C14H15NO5/c1-4-7-8-5-10(19-2)11(20-3)6-9(8)15-13(16)12(7)14(17)18/h5-6H,4H2,1-3H3,(H,15,16)(H,17,18). The van der Waals surface area contributed by atoms with Crippen molar-refractivity contribution in [2.75, 3.05) is 14.2 Å². The van der Waals surface area contributed by atoms with E-state index in [1.807, 2.05) is 0 Å². The number of carbonyl (C=O) groups is 1. The zero-order valence-electron chi connectivity index (χ0n) is 11.4. The highest BCUT2D eigenvalue weighted by atomic mass is 16.5. The van der Waals surface area contributed by atoms with Gasteiger partial charge in [-0.15, -0.1) is 0 Å². The number of pyridine rings is 1. The van der Waals surface area contributed by atoms with Gasteiger partial charge in [-0.3, -0.25) is 4.79 Å². The fraction of sp³-hybridized carbons (Fsp3) is 0.286. The molecule has 0 saturated carbocycles. The zero-order chi connectivity index (χ0) is 14.9. The number of aromatic amines is 1. The van der Waals surface area contributed by atoms with Crippen LogP contribution < -0.4 is 15.0 Å². The fourth-order valence-corrected chi connectivity index (χ4v) is 2.28. The minimum atomic E-state index is -1.24. The maximum absolute atomic E-state index is 11.9. The van der Waals surface area contributed by atoms with Crippen molar-refractivity contribution in [3.63, 3.8) is 0 Å². The molecule has 0 amide bonds. The Balaban J connectivity index is 2.93. The molecule has 6 heteroatoms. The van der Waals surface area contributed by atoms with Crippen LogP contribution in [0.4, 0.5) is 0 Å². The number of methoxy groups -OCH3 is 2. The molecule has 0 atom stereocenters. The first-order valence-corrected chi connectivity index (χ1v) is 6.07. The van der Waals surface area contributed by atoms with Crippen molar-refractivity contribution in [3.05, 3.63) is 33.6 Å². The molecule has 0 aliphatic carbocycles. The summed E-state index contributed by atoms with van der Waals surface area (Å²) in [4.78, 5) is 25.7. The molecule has 106 valence electrons. The first kappa shape index (κ1) is 13.9. The number of hydrogen-bond acceptors (Lipinski definition) is 4. The number of fused-ring (bicyclic) bond motifs is 1. The highest BCUT2D eigenvalue weighted by molar-refractivity contribution is 5.96. The number of carboxylic acids is 1. The summed E-state index contributed by atoms with van der Waals surface area (Å²) in [5, 5.41) is 9.83. The zero-order valence-corrected chi connectivity index (χ0v) is 11.4. The van der Waals surface area contributed by atoms with Gasteiger partial charge in [0.15, 0.2) is 11.5 Å². The molecule has 2 N–H and O–H groups in total. The van der Waals surface area contributed by atoms with Crippen molar-refractivity contribution in [1.82, 2.24) is 4.98 Å². The number of aromatic nitrogens is 1. The molecule has 0 radical (unpaired) electrons. The van der Waals surface area contributed by atoms with Gasteiger partial charge >= 0.3 is 5.97 Å². The molecule has 6 nitrogen and oxygen atoms in total. The number of aryl methyl sites for hydroxylation is 1. The summed E-state index contributed by atoms with van der Waals surface area (Å²) < 4.78 is 10.4. The Morgan fingerprint density at radius 3 is 2.35 bits per heavy atom. The van der Waals surface area contributed by atoms with Crippen LogP contribution in [-0.2, 0) is 6.42 Å². The lowest BCUT2D eigenvalue weighted by atomic mass is 10.0. The van der Waals surface area contributed by atoms with E-state index in [1.54, 1.807) is 19.1 Å². The smallest absolute Gasteiger partial charge is 0.341 e. The Morgan fingerprint density at radius 1 is 1.25 bits per heavy atom. The maximum Gasteiger partial charge on any atom is 0.341 e. The lowest BCUT2D eigenvalue weighted by Gasteiger charge is -2.12. The molecule has 0 spiro atoms. The van der Waals surface area contributed by atoms with Crippen LogP contribution in [0, 0.1) is 0 Å². The molecular weight excluding hydrogens is 262 g/mol. The van der Waals surface area contributed by atoms with Crippen LogP contribution >= 0.6 is 0 Å². The summed E-state index contributed by atoms with van der Waals surface area (Å²) in [5.74, 6) is -0.279. The van der Waals surface area contributed by atoms with Crippen LogP contribution in [0.1, 0.15) is 22.8 Å². The van der Waals surface area contributed by atoms with Gasteiger partial charge in [0.05, 0.1) is 19.7 Å². The van der Waals surface area contributed by atoms with Crippen LogP contribution in [0.3, 0.4) is 0 Å². The Bertz CT molecular complexity index is 732. The van der Waals surface area contributed by atoms with Gasteiger partial charge in [0.2, 0.25) is 0 Å². The van der Waals surface area contributed by atoms with E-state index in [1.165, 1.54) is 14.2 Å². The van der Waals surface area contributed by atoms with E-state index < -0.39 is 11.5 Å². The maximum atomic E-state index is 11.9. The van der Waals surface area contributed by atoms with Crippen LogP contribution in [0.15, 0.2) is 16.9 Å². The third-order valence-electron chi connectivity index (χ3n) is 3.19. The molecule has 1 aromatic heterocycles. The number of carboxylic acid groups (broad SMARTS) is 1. The molecule has 0 unspecified atom stereocenters. The van der Waals surface area contributed by atoms with Gasteiger partial charge in [-0.25, -0.2) is 4.79 Å². The molecule has 20 heavy (non-hydrogen) atoms. The highest BCUT2D eigenvalue weighted by Crippen LogP contribution is 2.33. The third-order valence-corrected chi connectivity index (χ3v) is 3.19. The summed E-state index contributed by atoms with van der Waals surface area (Å²) in [6, 6.07) is 3.30. The van der Waals surface area contributed by atoms with Gasteiger partial charge in [-0.2, -0.15) is 0 Å². The number of hydrogen-bond donors (Lipinski definition) is 2. The second-order valence-electron chi connectivity index (χ2n) is 4.22. The second kappa shape index (κ2) is 5.24. The van der Waals surface area contributed by atoms with E-state index in [9.17, 15) is 14.7 Å². The predicted molar refractivity (Wildman–Crippen MR) is 74.0 cm³/mol. The average Bonchev–Trinajstić information content (AvgIpc) is 2.43. The molecule has 1 aromatic carbocycles. The second-order valence-corrected chi connectivity index (χ2v) is 4.22. The fourth-order valence-electron chi connectivity index (χ4n) is 2.28. The topological polar surface area (TPSA) is 88.6 Å². The van der Waals surface area contributed by atoms with Gasteiger partial charge in [-0.05, 0) is 18.1 Å². The van der Waals surface area contributed by atoms with E-state index in [2.05, 4.69) is 4.98 Å². The van der Waals surface area contributed by atoms with Crippen molar-refractivity contribution in [3.8, 4) is 11.5 Å². The number of rotatable bonds is 4. The third kappa shape index (κ3) is 2.09. The Labute approximate surface area is 115 Å². The monoisotopic (exact) mass is 277 g/mol. The Hall–Kier alpha value is -2.50. The minimum absolute atomic E-state index is 0.229. The normalized spacial score (nSPS) is 10.6. The molecule has 0 fully saturated rings. The van der Waals surface area contributed by atoms with E-state index in [4.69, 9.17) is 9.47 Å². The molecule has 0 saturated heterocycles. The van der Waals surface area contributed by atoms with Gasteiger partial charge in [-0.1, -0.05) is 6.92 Å². The molecule has 0 bridgehead atoms. The summed E-state index contributed by atoms with van der Waals surface area (Å²) in [6.45, 7) is 1.80. The summed E-state index contributed by atoms with van der Waals surface area (Å²) in [5.41, 5.74) is 0.160. The molecule has 2 rings (SSSR count). The number of aromatic carboxylic acids is 1. The van der Waals surface area contributed by atoms with Crippen molar-refractivity contribution in [1.29, 1.82) is 0 Å². The van der Waals surface area contributed by atoms with Crippen molar-refractivity contribution in [2.45, 2.75) is 13.3 Å². The lowest BCUT2D eigenvalue weighted by Crippen LogP contribution is -2.20. The van der Waals surface area contributed by atoms with Crippen LogP contribution in [0.5, 0.6) is 11.5 Å². The van der Waals surface area contributed by atoms with E-state index in [0.29, 0.717) is 34.4 Å². The summed E-state index contributed by atoms with van der Waals surface area (Å²) in [6.07, 6.45) is 0.428. The number of nitrogens with one attached hydrogen (secondary N) is 1. The first-order chi connectivity index (χ1) is 9.53. The van der Waals surface area contributed by atoms with Crippen LogP contribution in [-0.4, -0.2) is 30.3 Å². The number of H-pyrrole nitrogens is 1. The van der Waals surface area contributed by atoms with E-state index in [0.717, 1.165) is 0 Å². The largest absolute Gasteiger partial charge is 0.493 e. The van der Waals surface area contributed by atoms with E-state index >= 15 is 0 Å². The van der Waals surface area contributed by atoms with Gasteiger partial charge < -0.3 is 19.6 Å². The SMILES string of the molecule is CCc1c(C(=O)O)c(=O)[nH]c2cc(OC)c(OC)cc12. The van der Waals surface area contributed by atoms with Crippen molar-refractivity contribution in [2.24, 2.45) is 0 Å². The summed E-state index contributed by atoms with van der Waals surface area (Å²) >= 11 is 0. The van der Waals surface area contributed by atoms with Crippen molar-refractivity contribution < 1.29 is 19.4 Å². The van der Waals surface area contributed by atoms with Gasteiger partial charge in [0.25, 0.3) is 5.56 Å². The number of benzene rings is 1. The highest BCUT2D eigenvalue weighted by Gasteiger charge is 2.19. The minimum Gasteiger partial charge on any atom is -0.493 e. The van der Waals surface area contributed by atoms with Crippen LogP contribution in [0.25, 0.3) is 10.9 Å². The van der Waals surface area contributed by atoms with Crippen molar-refractivity contribution >= 4 is 16.9 Å². The van der Waals surface area contributed by atoms with Crippen LogP contribution in [0.2, 0.25) is 0 Å². The first-order valence-electron chi connectivity index (χ1n) is 6.07. The molecule has 1 heterocycles. The van der Waals surface area contributed by atoms with Gasteiger partial charge in [0, 0.05) is 11.5 Å².